The molecule has 0 aliphatic carbocycles. The number of pyridine rings is 1. The summed E-state index contributed by atoms with van der Waals surface area (Å²) >= 11 is 0. The Bertz CT molecular complexity index is 732. The number of nitrogens with zero attached hydrogens (tertiary/aromatic N) is 3. The second kappa shape index (κ2) is 10.3. The van der Waals surface area contributed by atoms with Crippen LogP contribution in [0.3, 0.4) is 0 Å². The van der Waals surface area contributed by atoms with E-state index in [9.17, 15) is 9.59 Å². The van der Waals surface area contributed by atoms with E-state index in [4.69, 9.17) is 4.74 Å². The van der Waals surface area contributed by atoms with Crippen LogP contribution in [-0.2, 0) is 22.6 Å². The van der Waals surface area contributed by atoms with E-state index in [2.05, 4.69) is 4.98 Å². The van der Waals surface area contributed by atoms with Gasteiger partial charge in [-0.2, -0.15) is 0 Å². The summed E-state index contributed by atoms with van der Waals surface area (Å²) in [5.41, 5.74) is 2.15. The highest BCUT2D eigenvalue weighted by Crippen LogP contribution is 2.13. The predicted octanol–water partition coefficient (Wildman–Crippen LogP) is 2.53. The van der Waals surface area contributed by atoms with Crippen molar-refractivity contribution in [3.63, 3.8) is 0 Å². The Kier molecular flexibility index (Phi) is 7.79. The molecule has 0 saturated heterocycles. The number of benzene rings is 1. The highest BCUT2D eigenvalue weighted by molar-refractivity contribution is 5.78. The first kappa shape index (κ1) is 20.4. The van der Waals surface area contributed by atoms with Gasteiger partial charge in [-0.3, -0.25) is 14.6 Å². The first-order chi connectivity index (χ1) is 13.0. The lowest BCUT2D eigenvalue weighted by Gasteiger charge is -2.23. The van der Waals surface area contributed by atoms with Crippen LogP contribution >= 0.6 is 0 Å². The molecule has 27 heavy (non-hydrogen) atoms. The summed E-state index contributed by atoms with van der Waals surface area (Å²) in [5, 5.41) is 0. The Morgan fingerprint density at radius 3 is 2.26 bits per heavy atom. The fourth-order valence-corrected chi connectivity index (χ4v) is 2.69. The summed E-state index contributed by atoms with van der Waals surface area (Å²) in [6, 6.07) is 11.5. The lowest BCUT2D eigenvalue weighted by Crippen LogP contribution is -2.35. The van der Waals surface area contributed by atoms with Gasteiger partial charge in [-0.1, -0.05) is 12.1 Å². The Hall–Kier alpha value is -2.89. The smallest absolute Gasteiger partial charge is 0.224 e. The van der Waals surface area contributed by atoms with E-state index in [0.717, 1.165) is 23.3 Å². The van der Waals surface area contributed by atoms with E-state index in [-0.39, 0.29) is 11.8 Å². The second-order valence-corrected chi connectivity index (χ2v) is 6.46. The molecule has 0 saturated carbocycles. The van der Waals surface area contributed by atoms with Gasteiger partial charge < -0.3 is 14.5 Å². The van der Waals surface area contributed by atoms with E-state index < -0.39 is 0 Å². The van der Waals surface area contributed by atoms with Crippen LogP contribution in [0.25, 0.3) is 0 Å². The summed E-state index contributed by atoms with van der Waals surface area (Å²) in [4.78, 5) is 31.7. The molecule has 0 bridgehead atoms. The first-order valence-corrected chi connectivity index (χ1v) is 9.01. The van der Waals surface area contributed by atoms with Crippen LogP contribution in [0.4, 0.5) is 0 Å². The van der Waals surface area contributed by atoms with Gasteiger partial charge in [0.25, 0.3) is 0 Å². The zero-order valence-corrected chi connectivity index (χ0v) is 16.2. The third-order valence-electron chi connectivity index (χ3n) is 4.48. The minimum atomic E-state index is -0.0435. The molecule has 0 radical (unpaired) electrons. The van der Waals surface area contributed by atoms with Crippen molar-refractivity contribution in [1.82, 2.24) is 14.8 Å². The van der Waals surface area contributed by atoms with Crippen molar-refractivity contribution < 1.29 is 14.3 Å². The van der Waals surface area contributed by atoms with E-state index in [1.807, 2.05) is 36.4 Å². The average Bonchev–Trinajstić information content (AvgIpc) is 2.70. The van der Waals surface area contributed by atoms with E-state index in [1.165, 1.54) is 6.92 Å². The second-order valence-electron chi connectivity index (χ2n) is 6.46. The molecule has 144 valence electrons. The number of ether oxygens (including phenoxy) is 1. The molecule has 2 amide bonds. The van der Waals surface area contributed by atoms with Crippen molar-refractivity contribution in [3.05, 3.63) is 59.9 Å². The molecule has 1 aromatic carbocycles. The summed E-state index contributed by atoms with van der Waals surface area (Å²) in [6.45, 7) is 3.05. The average molecular weight is 369 g/mol. The number of rotatable bonds is 9. The van der Waals surface area contributed by atoms with Crippen molar-refractivity contribution in [1.29, 1.82) is 0 Å². The minimum Gasteiger partial charge on any atom is -0.497 e. The maximum absolute atomic E-state index is 12.4. The van der Waals surface area contributed by atoms with Crippen molar-refractivity contribution in [2.45, 2.75) is 26.3 Å². The highest BCUT2D eigenvalue weighted by atomic mass is 16.5. The van der Waals surface area contributed by atoms with Gasteiger partial charge in [0, 0.05) is 52.4 Å². The molecular weight excluding hydrogens is 342 g/mol. The van der Waals surface area contributed by atoms with Gasteiger partial charge in [-0.15, -0.1) is 0 Å². The normalized spacial score (nSPS) is 10.3. The molecule has 6 nitrogen and oxygen atoms in total. The van der Waals surface area contributed by atoms with E-state index in [1.54, 1.807) is 36.4 Å². The van der Waals surface area contributed by atoms with Crippen LogP contribution in [0, 0.1) is 0 Å². The van der Waals surface area contributed by atoms with E-state index >= 15 is 0 Å². The number of likely N-dealkylation sites (N-methyl/N-ethyl adjacent to an activating group) is 1. The minimum absolute atomic E-state index is 0.0324. The molecule has 0 atom stereocenters. The van der Waals surface area contributed by atoms with Gasteiger partial charge in [-0.25, -0.2) is 0 Å². The molecular formula is C21H27N3O3. The number of carbonyl (C=O) groups excluding carboxylic acids is 2. The highest BCUT2D eigenvalue weighted by Gasteiger charge is 2.14. The molecule has 0 unspecified atom stereocenters. The third-order valence-corrected chi connectivity index (χ3v) is 4.48. The van der Waals surface area contributed by atoms with Crippen LogP contribution in [-0.4, -0.2) is 53.8 Å². The number of hydrogen-bond acceptors (Lipinski definition) is 4. The molecule has 2 aromatic rings. The fraction of sp³-hybridized carbons (Fsp3) is 0.381. The summed E-state index contributed by atoms with van der Waals surface area (Å²) in [6.07, 6.45) is 4.59. The lowest BCUT2D eigenvalue weighted by molar-refractivity contribution is -0.133. The maximum atomic E-state index is 12.4. The Balaban J connectivity index is 1.82. The lowest BCUT2D eigenvalue weighted by atomic mass is 10.2. The molecule has 1 heterocycles. The molecule has 0 spiro atoms. The van der Waals surface area contributed by atoms with Crippen molar-refractivity contribution in [2.75, 3.05) is 27.2 Å². The Labute approximate surface area is 160 Å². The molecule has 1 aromatic heterocycles. The van der Waals surface area contributed by atoms with Gasteiger partial charge in [-0.05, 0) is 41.8 Å². The SMILES string of the molecule is COc1ccc(CN(CCC(=O)N(C)CCc2ccncc2)C(C)=O)cc1. The maximum Gasteiger partial charge on any atom is 0.224 e. The van der Waals surface area contributed by atoms with Crippen LogP contribution < -0.4 is 4.74 Å². The number of methoxy groups -OCH3 is 1. The van der Waals surface area contributed by atoms with Gasteiger partial charge in [0.1, 0.15) is 5.75 Å². The molecule has 2 rings (SSSR count). The Morgan fingerprint density at radius 1 is 1.00 bits per heavy atom. The quantitative estimate of drug-likeness (QED) is 0.681. The van der Waals surface area contributed by atoms with Gasteiger partial charge >= 0.3 is 0 Å². The zero-order chi connectivity index (χ0) is 19.6. The molecule has 0 aliphatic heterocycles. The molecule has 6 heteroatoms. The standard InChI is InChI=1S/C21H27N3O3/c1-17(25)24(16-19-4-6-20(27-3)7-5-19)15-11-21(26)23(2)14-10-18-8-12-22-13-9-18/h4-9,12-13H,10-11,14-16H2,1-3H3. The summed E-state index contributed by atoms with van der Waals surface area (Å²) in [7, 11) is 3.42. The molecule has 0 N–H and O–H groups in total. The van der Waals surface area contributed by atoms with Gasteiger partial charge in [0.15, 0.2) is 0 Å². The van der Waals surface area contributed by atoms with Gasteiger partial charge in [0.05, 0.1) is 7.11 Å². The molecule has 0 aliphatic rings. The van der Waals surface area contributed by atoms with E-state index in [0.29, 0.717) is 26.1 Å². The summed E-state index contributed by atoms with van der Waals surface area (Å²) in [5.74, 6) is 0.766. The zero-order valence-electron chi connectivity index (χ0n) is 16.2. The summed E-state index contributed by atoms with van der Waals surface area (Å²) < 4.78 is 5.15. The van der Waals surface area contributed by atoms with Crippen molar-refractivity contribution >= 4 is 11.8 Å². The van der Waals surface area contributed by atoms with Crippen LogP contribution in [0.1, 0.15) is 24.5 Å². The van der Waals surface area contributed by atoms with Crippen LogP contribution in [0.5, 0.6) is 5.75 Å². The van der Waals surface area contributed by atoms with Gasteiger partial charge in [0.2, 0.25) is 11.8 Å². The number of aromatic nitrogens is 1. The molecule has 0 fully saturated rings. The number of amides is 2. The monoisotopic (exact) mass is 369 g/mol. The van der Waals surface area contributed by atoms with Crippen LogP contribution in [0.15, 0.2) is 48.8 Å². The first-order valence-electron chi connectivity index (χ1n) is 9.01. The predicted molar refractivity (Wildman–Crippen MR) is 104 cm³/mol. The van der Waals surface area contributed by atoms with Crippen molar-refractivity contribution in [2.24, 2.45) is 0 Å². The van der Waals surface area contributed by atoms with Crippen LogP contribution in [0.2, 0.25) is 0 Å². The fourth-order valence-electron chi connectivity index (χ4n) is 2.69. The number of carbonyl (C=O) groups is 2. The van der Waals surface area contributed by atoms with Crippen molar-refractivity contribution in [3.8, 4) is 5.75 Å². The number of hydrogen-bond donors (Lipinski definition) is 0. The third kappa shape index (κ3) is 6.73. The Morgan fingerprint density at radius 2 is 1.67 bits per heavy atom. The topological polar surface area (TPSA) is 62.7 Å². The largest absolute Gasteiger partial charge is 0.497 e.